The molecule has 1 amide bonds. The largest absolute Gasteiger partial charge is 0.357 e. The fourth-order valence-corrected chi connectivity index (χ4v) is 4.04. The van der Waals surface area contributed by atoms with E-state index in [1.807, 2.05) is 53.2 Å². The quantitative estimate of drug-likeness (QED) is 0.594. The first-order valence-corrected chi connectivity index (χ1v) is 10.1. The highest BCUT2D eigenvalue weighted by Crippen LogP contribution is 2.38. The molecule has 3 heterocycles. The van der Waals surface area contributed by atoms with Crippen LogP contribution in [0.15, 0.2) is 67.1 Å². The molecule has 154 valence electrons. The molecule has 1 aromatic carbocycles. The first kappa shape index (κ1) is 20.0. The van der Waals surface area contributed by atoms with Crippen LogP contribution in [0.2, 0.25) is 0 Å². The lowest BCUT2D eigenvalue weighted by Crippen LogP contribution is -2.32. The van der Waals surface area contributed by atoms with Crippen LogP contribution in [0.5, 0.6) is 0 Å². The van der Waals surface area contributed by atoms with Crippen molar-refractivity contribution in [1.82, 2.24) is 19.8 Å². The summed E-state index contributed by atoms with van der Waals surface area (Å²) in [5.41, 5.74) is 2.14. The predicted molar refractivity (Wildman–Crippen MR) is 117 cm³/mol. The summed E-state index contributed by atoms with van der Waals surface area (Å²) in [5, 5.41) is 6.55. The van der Waals surface area contributed by atoms with E-state index in [1.54, 1.807) is 24.4 Å². The highest BCUT2D eigenvalue weighted by molar-refractivity contribution is 7.80. The molecule has 1 aliphatic rings. The molecule has 1 aliphatic heterocycles. The zero-order valence-electron chi connectivity index (χ0n) is 16.5. The summed E-state index contributed by atoms with van der Waals surface area (Å²) in [6.45, 7) is 0.398. The first-order valence-electron chi connectivity index (χ1n) is 9.67. The van der Waals surface area contributed by atoms with Crippen LogP contribution in [0.25, 0.3) is 0 Å². The lowest BCUT2D eigenvalue weighted by Gasteiger charge is -2.27. The number of thiocarbonyl (C=S) groups is 1. The maximum absolute atomic E-state index is 13.8. The van der Waals surface area contributed by atoms with E-state index in [9.17, 15) is 9.18 Å². The van der Waals surface area contributed by atoms with Gasteiger partial charge in [0, 0.05) is 38.6 Å². The molecule has 0 aliphatic carbocycles. The Kier molecular flexibility index (Phi) is 5.76. The van der Waals surface area contributed by atoms with E-state index in [1.165, 1.54) is 6.07 Å². The molecule has 0 saturated carbocycles. The number of benzene rings is 1. The zero-order chi connectivity index (χ0) is 21.1. The first-order chi connectivity index (χ1) is 14.5. The molecule has 1 saturated heterocycles. The normalized spacial score (nSPS) is 18.3. The standard InChI is InChI=1S/C22H22FN5OS/c1-27-12-9-15(14-27)21-20(18-8-4-5-11-24-18)26-22(30)28(21)13-10-19(29)25-17-7-3-2-6-16(17)23/h2-9,11-12,14,20-21H,10,13H2,1H3,(H,25,29)(H,26,30)/t20-,21+/m1/s1. The van der Waals surface area contributed by atoms with Gasteiger partial charge < -0.3 is 20.1 Å². The van der Waals surface area contributed by atoms with Gasteiger partial charge in [-0.05, 0) is 48.1 Å². The van der Waals surface area contributed by atoms with Crippen LogP contribution in [-0.2, 0) is 11.8 Å². The second-order valence-electron chi connectivity index (χ2n) is 7.21. The summed E-state index contributed by atoms with van der Waals surface area (Å²) >= 11 is 5.59. The van der Waals surface area contributed by atoms with Gasteiger partial charge in [-0.3, -0.25) is 9.78 Å². The number of nitrogens with one attached hydrogen (secondary N) is 2. The number of carbonyl (C=O) groups excluding carboxylic acids is 1. The Hall–Kier alpha value is -3.26. The molecule has 6 nitrogen and oxygen atoms in total. The molecular weight excluding hydrogens is 401 g/mol. The average molecular weight is 424 g/mol. The molecule has 0 radical (unpaired) electrons. The number of anilines is 1. The van der Waals surface area contributed by atoms with Crippen molar-refractivity contribution in [2.45, 2.75) is 18.5 Å². The van der Waals surface area contributed by atoms with Gasteiger partial charge in [-0.25, -0.2) is 4.39 Å². The van der Waals surface area contributed by atoms with Gasteiger partial charge in [-0.2, -0.15) is 0 Å². The van der Waals surface area contributed by atoms with Crippen molar-refractivity contribution in [2.75, 3.05) is 11.9 Å². The molecule has 4 rings (SSSR count). The fourth-order valence-electron chi connectivity index (χ4n) is 3.71. The molecule has 2 N–H and O–H groups in total. The molecule has 8 heteroatoms. The van der Waals surface area contributed by atoms with Crippen LogP contribution in [-0.4, -0.2) is 32.0 Å². The van der Waals surface area contributed by atoms with Crippen molar-refractivity contribution in [3.8, 4) is 0 Å². The van der Waals surface area contributed by atoms with Crippen molar-refractivity contribution < 1.29 is 9.18 Å². The van der Waals surface area contributed by atoms with E-state index in [0.29, 0.717) is 11.7 Å². The molecule has 2 aromatic heterocycles. The molecule has 2 atom stereocenters. The number of nitrogens with zero attached hydrogens (tertiary/aromatic N) is 3. The molecule has 30 heavy (non-hydrogen) atoms. The van der Waals surface area contributed by atoms with Crippen molar-refractivity contribution in [3.63, 3.8) is 0 Å². The number of amides is 1. The number of halogens is 1. The minimum absolute atomic E-state index is 0.102. The number of hydrogen-bond acceptors (Lipinski definition) is 3. The number of aryl methyl sites for hydroxylation is 1. The van der Waals surface area contributed by atoms with Gasteiger partial charge in [0.2, 0.25) is 5.91 Å². The van der Waals surface area contributed by atoms with Crippen LogP contribution in [0.1, 0.15) is 29.8 Å². The Morgan fingerprint density at radius 1 is 1.23 bits per heavy atom. The highest BCUT2D eigenvalue weighted by Gasteiger charge is 2.40. The molecule has 3 aromatic rings. The number of hydrogen-bond donors (Lipinski definition) is 2. The third-order valence-corrected chi connectivity index (χ3v) is 5.47. The third-order valence-electron chi connectivity index (χ3n) is 5.12. The van der Waals surface area contributed by atoms with Gasteiger partial charge in [0.1, 0.15) is 5.82 Å². The Morgan fingerprint density at radius 2 is 2.03 bits per heavy atom. The number of rotatable bonds is 6. The molecular formula is C22H22FN5OS. The van der Waals surface area contributed by atoms with Crippen molar-refractivity contribution in [3.05, 3.63) is 84.2 Å². The molecule has 0 spiro atoms. The molecule has 0 unspecified atom stereocenters. The lowest BCUT2D eigenvalue weighted by atomic mass is 9.99. The third kappa shape index (κ3) is 4.18. The van der Waals surface area contributed by atoms with Crippen LogP contribution < -0.4 is 10.6 Å². The van der Waals surface area contributed by atoms with E-state index in [2.05, 4.69) is 15.6 Å². The van der Waals surface area contributed by atoms with E-state index >= 15 is 0 Å². The monoisotopic (exact) mass is 423 g/mol. The smallest absolute Gasteiger partial charge is 0.226 e. The lowest BCUT2D eigenvalue weighted by molar-refractivity contribution is -0.116. The van der Waals surface area contributed by atoms with Crippen LogP contribution in [0, 0.1) is 5.82 Å². The predicted octanol–water partition coefficient (Wildman–Crippen LogP) is 3.56. The maximum atomic E-state index is 13.8. The molecule has 1 fully saturated rings. The Morgan fingerprint density at radius 3 is 2.73 bits per heavy atom. The van der Waals surface area contributed by atoms with E-state index in [0.717, 1.165) is 11.3 Å². The summed E-state index contributed by atoms with van der Waals surface area (Å²) < 4.78 is 15.8. The van der Waals surface area contributed by atoms with Crippen molar-refractivity contribution in [2.24, 2.45) is 7.05 Å². The van der Waals surface area contributed by atoms with Crippen LogP contribution in [0.4, 0.5) is 10.1 Å². The average Bonchev–Trinajstić information content (AvgIpc) is 3.31. The fraction of sp³-hybridized carbons (Fsp3) is 0.227. The van der Waals surface area contributed by atoms with Crippen LogP contribution >= 0.6 is 12.2 Å². The summed E-state index contributed by atoms with van der Waals surface area (Å²) in [6, 6.07) is 13.7. The van der Waals surface area contributed by atoms with Crippen LogP contribution in [0.3, 0.4) is 0 Å². The summed E-state index contributed by atoms with van der Waals surface area (Å²) in [6.07, 6.45) is 5.96. The SMILES string of the molecule is Cn1ccc([C@H]2[C@@H](c3ccccn3)NC(=S)N2CCC(=O)Nc2ccccc2F)c1. The van der Waals surface area contributed by atoms with Gasteiger partial charge in [-0.1, -0.05) is 18.2 Å². The van der Waals surface area contributed by atoms with Gasteiger partial charge in [0.25, 0.3) is 0 Å². The second kappa shape index (κ2) is 8.62. The number of pyridine rings is 1. The Labute approximate surface area is 179 Å². The molecule has 0 bridgehead atoms. The van der Waals surface area contributed by atoms with E-state index < -0.39 is 5.82 Å². The summed E-state index contributed by atoms with van der Waals surface area (Å²) in [4.78, 5) is 18.9. The van der Waals surface area contributed by atoms with Crippen molar-refractivity contribution in [1.29, 1.82) is 0 Å². The van der Waals surface area contributed by atoms with Crippen molar-refractivity contribution >= 4 is 28.9 Å². The zero-order valence-corrected chi connectivity index (χ0v) is 17.3. The van der Waals surface area contributed by atoms with Gasteiger partial charge in [-0.15, -0.1) is 0 Å². The Bertz CT molecular complexity index is 1050. The highest BCUT2D eigenvalue weighted by atomic mass is 32.1. The second-order valence-corrected chi connectivity index (χ2v) is 7.60. The minimum Gasteiger partial charge on any atom is -0.357 e. The topological polar surface area (TPSA) is 62.2 Å². The number of carbonyl (C=O) groups is 1. The van der Waals surface area contributed by atoms with E-state index in [-0.39, 0.29) is 30.1 Å². The Balaban J connectivity index is 1.52. The summed E-state index contributed by atoms with van der Waals surface area (Å²) in [5.74, 6) is -0.724. The maximum Gasteiger partial charge on any atom is 0.226 e. The van der Waals surface area contributed by atoms with Gasteiger partial charge in [0.05, 0.1) is 23.5 Å². The number of aromatic nitrogens is 2. The minimum atomic E-state index is -0.457. The van der Waals surface area contributed by atoms with Gasteiger partial charge >= 0.3 is 0 Å². The van der Waals surface area contributed by atoms with E-state index in [4.69, 9.17) is 12.2 Å². The van der Waals surface area contributed by atoms with Gasteiger partial charge in [0.15, 0.2) is 5.11 Å². The summed E-state index contributed by atoms with van der Waals surface area (Å²) in [7, 11) is 1.96. The number of para-hydroxylation sites is 1.